The van der Waals surface area contributed by atoms with Crippen molar-refractivity contribution in [1.29, 1.82) is 0 Å². The van der Waals surface area contributed by atoms with Crippen LogP contribution in [0.4, 0.5) is 8.78 Å². The van der Waals surface area contributed by atoms with Crippen LogP contribution in [0, 0.1) is 11.6 Å². The Morgan fingerprint density at radius 3 is 2.52 bits per heavy atom. The van der Waals surface area contributed by atoms with Gasteiger partial charge in [-0.15, -0.1) is 0 Å². The summed E-state index contributed by atoms with van der Waals surface area (Å²) in [5.74, 6) is -1.01. The van der Waals surface area contributed by atoms with E-state index in [4.69, 9.17) is 4.74 Å². The highest BCUT2D eigenvalue weighted by Gasteiger charge is 2.09. The van der Waals surface area contributed by atoms with Crippen LogP contribution in [0.15, 0.2) is 30.3 Å². The number of ether oxygens (including phenoxy) is 1. The Balaban J connectivity index is 2.31. The lowest BCUT2D eigenvalue weighted by Crippen LogP contribution is -2.07. The maximum atomic E-state index is 13.2. The summed E-state index contributed by atoms with van der Waals surface area (Å²) >= 11 is 0. The van der Waals surface area contributed by atoms with Gasteiger partial charge in [-0.1, -0.05) is 13.8 Å². The fourth-order valence-electron chi connectivity index (χ4n) is 1.90. The topological polar surface area (TPSA) is 34.1 Å². The summed E-state index contributed by atoms with van der Waals surface area (Å²) in [5.41, 5.74) is 1.91. The van der Waals surface area contributed by atoms with Gasteiger partial charge < -0.3 is 10.1 Å². The Morgan fingerprint density at radius 2 is 1.90 bits per heavy atom. The quantitative estimate of drug-likeness (QED) is 0.904. The van der Waals surface area contributed by atoms with E-state index in [1.54, 1.807) is 6.07 Å². The molecular weight excluding hydrogens is 274 g/mol. The third kappa shape index (κ3) is 3.98. The minimum absolute atomic E-state index is 0.220. The van der Waals surface area contributed by atoms with Crippen molar-refractivity contribution >= 4 is 0 Å². The van der Waals surface area contributed by atoms with Gasteiger partial charge in [0.05, 0.1) is 0 Å². The molecule has 0 saturated carbocycles. The molecule has 2 aromatic rings. The third-order valence-electron chi connectivity index (χ3n) is 2.97. The molecule has 0 bridgehead atoms. The number of pyridine rings is 1. The van der Waals surface area contributed by atoms with Crippen LogP contribution < -0.4 is 10.1 Å². The molecule has 0 aliphatic carbocycles. The molecule has 0 unspecified atom stereocenters. The second kappa shape index (κ2) is 6.63. The van der Waals surface area contributed by atoms with Gasteiger partial charge in [-0.2, -0.15) is 0 Å². The molecule has 1 heterocycles. The van der Waals surface area contributed by atoms with Gasteiger partial charge in [-0.3, -0.25) is 0 Å². The van der Waals surface area contributed by atoms with Crippen LogP contribution >= 0.6 is 0 Å². The van der Waals surface area contributed by atoms with E-state index in [0.29, 0.717) is 12.4 Å². The van der Waals surface area contributed by atoms with Gasteiger partial charge in [-0.05, 0) is 36.7 Å². The summed E-state index contributed by atoms with van der Waals surface area (Å²) < 4.78 is 31.7. The van der Waals surface area contributed by atoms with Crippen LogP contribution in [0.1, 0.15) is 31.0 Å². The Labute approximate surface area is 123 Å². The van der Waals surface area contributed by atoms with Crippen molar-refractivity contribution in [2.24, 2.45) is 0 Å². The van der Waals surface area contributed by atoms with Crippen LogP contribution in [0.3, 0.4) is 0 Å². The first-order chi connectivity index (χ1) is 9.99. The Bertz CT molecular complexity index is 630. The lowest BCUT2D eigenvalue weighted by Gasteiger charge is -2.12. The van der Waals surface area contributed by atoms with E-state index in [0.717, 1.165) is 23.4 Å². The zero-order valence-electron chi connectivity index (χ0n) is 12.3. The van der Waals surface area contributed by atoms with Crippen molar-refractivity contribution in [3.8, 4) is 11.6 Å². The lowest BCUT2D eigenvalue weighted by atomic mass is 10.1. The molecule has 1 aromatic heterocycles. The van der Waals surface area contributed by atoms with Crippen LogP contribution in [0.5, 0.6) is 11.6 Å². The van der Waals surface area contributed by atoms with E-state index in [2.05, 4.69) is 10.3 Å². The smallest absolute Gasteiger partial charge is 0.219 e. The molecule has 0 amide bonds. The zero-order chi connectivity index (χ0) is 15.4. The van der Waals surface area contributed by atoms with Crippen molar-refractivity contribution in [3.63, 3.8) is 0 Å². The minimum Gasteiger partial charge on any atom is -0.439 e. The van der Waals surface area contributed by atoms with E-state index < -0.39 is 11.6 Å². The summed E-state index contributed by atoms with van der Waals surface area (Å²) in [6.45, 7) is 4.75. The molecule has 112 valence electrons. The summed E-state index contributed by atoms with van der Waals surface area (Å²) in [6.07, 6.45) is 0. The molecule has 1 aromatic carbocycles. The van der Waals surface area contributed by atoms with Crippen molar-refractivity contribution in [2.45, 2.75) is 26.3 Å². The summed E-state index contributed by atoms with van der Waals surface area (Å²) in [4.78, 5) is 4.40. The van der Waals surface area contributed by atoms with Crippen LogP contribution in [0.2, 0.25) is 0 Å². The van der Waals surface area contributed by atoms with Crippen LogP contribution in [-0.2, 0) is 6.54 Å². The molecule has 0 aliphatic heterocycles. The van der Waals surface area contributed by atoms with Gasteiger partial charge in [-0.25, -0.2) is 13.8 Å². The Hall–Kier alpha value is -2.01. The third-order valence-corrected chi connectivity index (χ3v) is 2.97. The van der Waals surface area contributed by atoms with Crippen LogP contribution in [0.25, 0.3) is 0 Å². The number of aromatic nitrogens is 1. The molecule has 0 spiro atoms. The number of hydrogen-bond acceptors (Lipinski definition) is 3. The predicted molar refractivity (Wildman–Crippen MR) is 77.5 cm³/mol. The maximum absolute atomic E-state index is 13.2. The maximum Gasteiger partial charge on any atom is 0.219 e. The van der Waals surface area contributed by atoms with E-state index >= 15 is 0 Å². The largest absolute Gasteiger partial charge is 0.439 e. The van der Waals surface area contributed by atoms with Gasteiger partial charge >= 0.3 is 0 Å². The minimum atomic E-state index is -0.942. The van der Waals surface area contributed by atoms with E-state index in [1.165, 1.54) is 6.07 Å². The molecule has 0 radical (unpaired) electrons. The summed E-state index contributed by atoms with van der Waals surface area (Å²) in [6, 6.07) is 7.20. The van der Waals surface area contributed by atoms with Crippen molar-refractivity contribution in [1.82, 2.24) is 10.3 Å². The molecule has 0 saturated heterocycles. The molecule has 0 aliphatic rings. The molecule has 5 heteroatoms. The number of halogens is 2. The highest BCUT2D eigenvalue weighted by Crippen LogP contribution is 2.25. The molecule has 3 nitrogen and oxygen atoms in total. The Morgan fingerprint density at radius 1 is 1.14 bits per heavy atom. The Kier molecular flexibility index (Phi) is 4.85. The first kappa shape index (κ1) is 15.4. The summed E-state index contributed by atoms with van der Waals surface area (Å²) in [7, 11) is 1.85. The fraction of sp³-hybridized carbons (Fsp3) is 0.312. The molecule has 2 rings (SSSR count). The van der Waals surface area contributed by atoms with Crippen molar-refractivity contribution in [2.75, 3.05) is 7.05 Å². The van der Waals surface area contributed by atoms with Gasteiger partial charge in [0.1, 0.15) is 5.75 Å². The number of benzene rings is 1. The normalized spacial score (nSPS) is 11.0. The second-order valence-electron chi connectivity index (χ2n) is 5.10. The number of hydrogen-bond donors (Lipinski definition) is 1. The predicted octanol–water partition coefficient (Wildman–Crippen LogP) is 3.99. The van der Waals surface area contributed by atoms with Gasteiger partial charge in [0.15, 0.2) is 11.6 Å². The SMILES string of the molecule is CNCc1cc(Oc2ccc(F)c(F)c2)nc(C(C)C)c1. The molecule has 21 heavy (non-hydrogen) atoms. The van der Waals surface area contributed by atoms with E-state index in [-0.39, 0.29) is 11.7 Å². The molecule has 0 atom stereocenters. The van der Waals surface area contributed by atoms with Crippen molar-refractivity contribution < 1.29 is 13.5 Å². The van der Waals surface area contributed by atoms with Crippen LogP contribution in [-0.4, -0.2) is 12.0 Å². The average Bonchev–Trinajstić information content (AvgIpc) is 2.43. The number of nitrogens with one attached hydrogen (secondary N) is 1. The lowest BCUT2D eigenvalue weighted by molar-refractivity contribution is 0.444. The second-order valence-corrected chi connectivity index (χ2v) is 5.10. The highest BCUT2D eigenvalue weighted by atomic mass is 19.2. The average molecular weight is 292 g/mol. The monoisotopic (exact) mass is 292 g/mol. The standard InChI is InChI=1S/C16H18F2N2O/c1-10(2)15-6-11(9-19-3)7-16(20-15)21-12-4-5-13(17)14(18)8-12/h4-8,10,19H,9H2,1-3H3. The first-order valence-corrected chi connectivity index (χ1v) is 6.78. The van der Waals surface area contributed by atoms with Gasteiger partial charge in [0.2, 0.25) is 5.88 Å². The molecular formula is C16H18F2N2O. The highest BCUT2D eigenvalue weighted by molar-refractivity contribution is 5.32. The van der Waals surface area contributed by atoms with E-state index in [9.17, 15) is 8.78 Å². The van der Waals surface area contributed by atoms with E-state index in [1.807, 2.05) is 27.0 Å². The first-order valence-electron chi connectivity index (χ1n) is 6.78. The van der Waals surface area contributed by atoms with Crippen molar-refractivity contribution in [3.05, 3.63) is 53.2 Å². The fourth-order valence-corrected chi connectivity index (χ4v) is 1.90. The zero-order valence-corrected chi connectivity index (χ0v) is 12.3. The van der Waals surface area contributed by atoms with Gasteiger partial charge in [0.25, 0.3) is 0 Å². The number of nitrogens with zero attached hydrogens (tertiary/aromatic N) is 1. The molecule has 0 fully saturated rings. The summed E-state index contributed by atoms with van der Waals surface area (Å²) in [5, 5.41) is 3.06. The molecule has 1 N–H and O–H groups in total. The number of rotatable bonds is 5. The van der Waals surface area contributed by atoms with Gasteiger partial charge in [0, 0.05) is 24.4 Å².